The number of methoxy groups -OCH3 is 1. The van der Waals surface area contributed by atoms with Gasteiger partial charge in [0.1, 0.15) is 23.7 Å². The van der Waals surface area contributed by atoms with Crippen molar-refractivity contribution < 1.29 is 23.4 Å². The lowest BCUT2D eigenvalue weighted by atomic mass is 10.1. The highest BCUT2D eigenvalue weighted by molar-refractivity contribution is 6.03. The third kappa shape index (κ3) is 6.34. The van der Waals surface area contributed by atoms with Crippen LogP contribution >= 0.6 is 0 Å². The Bertz CT molecular complexity index is 1880. The number of carbonyl (C=O) groups is 1. The minimum absolute atomic E-state index is 0.0965. The summed E-state index contributed by atoms with van der Waals surface area (Å²) in [6.45, 7) is 3.91. The summed E-state index contributed by atoms with van der Waals surface area (Å²) in [4.78, 5) is 24.0. The van der Waals surface area contributed by atoms with Crippen molar-refractivity contribution >= 4 is 44.9 Å². The van der Waals surface area contributed by atoms with Gasteiger partial charge in [-0.1, -0.05) is 18.2 Å². The van der Waals surface area contributed by atoms with E-state index in [9.17, 15) is 9.18 Å². The van der Waals surface area contributed by atoms with Crippen molar-refractivity contribution in [1.29, 1.82) is 0 Å². The number of hydrogen-bond donors (Lipinski definition) is 2. The molecule has 2 aliphatic rings. The summed E-state index contributed by atoms with van der Waals surface area (Å²) in [7, 11) is 1.55. The highest BCUT2D eigenvalue weighted by Crippen LogP contribution is 2.33. The van der Waals surface area contributed by atoms with E-state index >= 15 is 0 Å². The van der Waals surface area contributed by atoms with Gasteiger partial charge in [0.2, 0.25) is 5.91 Å². The molecule has 2 atom stereocenters. The van der Waals surface area contributed by atoms with E-state index in [4.69, 9.17) is 14.2 Å². The van der Waals surface area contributed by atoms with Crippen LogP contribution in [-0.4, -0.2) is 82.7 Å². The van der Waals surface area contributed by atoms with E-state index in [2.05, 4.69) is 30.6 Å². The molecule has 2 N–H and O–H groups in total. The van der Waals surface area contributed by atoms with Gasteiger partial charge < -0.3 is 24.8 Å². The number of carbonyl (C=O) groups excluding carboxylic acids is 1. The van der Waals surface area contributed by atoms with E-state index in [1.54, 1.807) is 31.5 Å². The lowest BCUT2D eigenvalue weighted by Crippen LogP contribution is -2.36. The maximum absolute atomic E-state index is 13.7. The molecule has 4 heterocycles. The number of halogens is 1. The van der Waals surface area contributed by atoms with Crippen molar-refractivity contribution in [3.05, 3.63) is 90.7 Å². The smallest absolute Gasteiger partial charge is 0.248 e. The second kappa shape index (κ2) is 12.6. The van der Waals surface area contributed by atoms with Crippen LogP contribution in [0.1, 0.15) is 5.56 Å². The van der Waals surface area contributed by atoms with Crippen molar-refractivity contribution in [3.8, 4) is 5.75 Å². The highest BCUT2D eigenvalue weighted by atomic mass is 19.1. The van der Waals surface area contributed by atoms with Crippen LogP contribution in [0, 0.1) is 5.82 Å². The molecule has 12 heteroatoms. The molecule has 2 unspecified atom stereocenters. The van der Waals surface area contributed by atoms with E-state index in [1.165, 1.54) is 24.5 Å². The van der Waals surface area contributed by atoms with Crippen LogP contribution in [0.4, 0.5) is 21.6 Å². The van der Waals surface area contributed by atoms with Gasteiger partial charge >= 0.3 is 0 Å². The molecule has 7 rings (SSSR count). The predicted octanol–water partition coefficient (Wildman–Crippen LogP) is 4.51. The standard InChI is InChI=1S/C33H32FN7O4/c1-43-29-15-26-25(14-27(29)39-32(42)6-3-9-40-18-30-31(19-40)45-11-10-44-30)33(36-20-35-26)38-24-7-8-28-22(13-24)16-37-41(28)17-21-4-2-5-23(34)12-21/h2-8,12-16,20,30-31H,9-11,17-19H2,1H3,(H,39,42)(H,35,36,38). The van der Waals surface area contributed by atoms with Gasteiger partial charge in [-0.3, -0.25) is 14.4 Å². The SMILES string of the molecule is COc1cc2ncnc(Nc3ccc4c(cnn4Cc4cccc(F)c4)c3)c2cc1NC(=O)C=CCN1CC2OCCOC2C1. The number of nitrogens with one attached hydrogen (secondary N) is 2. The van der Waals surface area contributed by atoms with Crippen molar-refractivity contribution in [2.45, 2.75) is 18.8 Å². The molecule has 2 aliphatic heterocycles. The Morgan fingerprint density at radius 1 is 1.09 bits per heavy atom. The Balaban J connectivity index is 1.06. The third-order valence-electron chi connectivity index (χ3n) is 8.01. The predicted molar refractivity (Wildman–Crippen MR) is 168 cm³/mol. The molecule has 0 spiro atoms. The van der Waals surface area contributed by atoms with E-state index in [0.717, 1.165) is 35.2 Å². The van der Waals surface area contributed by atoms with Crippen LogP contribution in [0.5, 0.6) is 5.75 Å². The quantitative estimate of drug-likeness (QED) is 0.233. The Morgan fingerprint density at radius 2 is 1.93 bits per heavy atom. The summed E-state index contributed by atoms with van der Waals surface area (Å²) >= 11 is 0. The van der Waals surface area contributed by atoms with Crippen LogP contribution in [0.3, 0.4) is 0 Å². The Kier molecular flexibility index (Phi) is 8.07. The normalized spacial score (nSPS) is 18.4. The average molecular weight is 610 g/mol. The monoisotopic (exact) mass is 609 g/mol. The van der Waals surface area contributed by atoms with Gasteiger partial charge in [0.25, 0.3) is 0 Å². The minimum Gasteiger partial charge on any atom is -0.494 e. The first-order valence-electron chi connectivity index (χ1n) is 14.8. The zero-order valence-corrected chi connectivity index (χ0v) is 24.6. The molecule has 2 saturated heterocycles. The molecule has 3 aromatic carbocycles. The fourth-order valence-electron chi connectivity index (χ4n) is 5.86. The van der Waals surface area contributed by atoms with Gasteiger partial charge in [-0.15, -0.1) is 0 Å². The van der Waals surface area contributed by atoms with Crippen molar-refractivity contribution in [2.24, 2.45) is 0 Å². The first-order valence-corrected chi connectivity index (χ1v) is 14.8. The molecular formula is C33H32FN7O4. The zero-order valence-electron chi connectivity index (χ0n) is 24.6. The van der Waals surface area contributed by atoms with Crippen molar-refractivity contribution in [1.82, 2.24) is 24.6 Å². The minimum atomic E-state index is -0.274. The maximum Gasteiger partial charge on any atom is 0.248 e. The fourth-order valence-corrected chi connectivity index (χ4v) is 5.86. The lowest BCUT2D eigenvalue weighted by molar-refractivity contribution is -0.116. The van der Waals surface area contributed by atoms with Crippen LogP contribution < -0.4 is 15.4 Å². The molecule has 2 aromatic heterocycles. The number of nitrogens with zero attached hydrogens (tertiary/aromatic N) is 5. The van der Waals surface area contributed by atoms with E-state index < -0.39 is 0 Å². The molecule has 45 heavy (non-hydrogen) atoms. The lowest BCUT2D eigenvalue weighted by Gasteiger charge is -2.24. The van der Waals surface area contributed by atoms with Crippen LogP contribution in [0.15, 0.2) is 79.3 Å². The van der Waals surface area contributed by atoms with E-state index in [-0.39, 0.29) is 23.9 Å². The molecule has 0 radical (unpaired) electrons. The number of aromatic nitrogens is 4. The maximum atomic E-state index is 13.7. The van der Waals surface area contributed by atoms with E-state index in [1.807, 2.05) is 35.0 Å². The van der Waals surface area contributed by atoms with Crippen LogP contribution in [-0.2, 0) is 20.8 Å². The summed E-state index contributed by atoms with van der Waals surface area (Å²) in [5.74, 6) is 0.508. The second-order valence-electron chi connectivity index (χ2n) is 11.1. The van der Waals surface area contributed by atoms with Crippen molar-refractivity contribution in [3.63, 3.8) is 0 Å². The number of likely N-dealkylation sites (tertiary alicyclic amines) is 1. The molecule has 230 valence electrons. The molecule has 0 bridgehead atoms. The summed E-state index contributed by atoms with van der Waals surface area (Å²) in [6, 6.07) is 16.0. The second-order valence-corrected chi connectivity index (χ2v) is 11.1. The van der Waals surface area contributed by atoms with Gasteiger partial charge in [0.05, 0.1) is 62.0 Å². The molecule has 5 aromatic rings. The highest BCUT2D eigenvalue weighted by Gasteiger charge is 2.35. The molecule has 2 fully saturated rings. The zero-order chi connectivity index (χ0) is 30.8. The van der Waals surface area contributed by atoms with Gasteiger partial charge in [-0.25, -0.2) is 14.4 Å². The van der Waals surface area contributed by atoms with Crippen molar-refractivity contribution in [2.75, 3.05) is 50.6 Å². The van der Waals surface area contributed by atoms with Crippen LogP contribution in [0.25, 0.3) is 21.8 Å². The average Bonchev–Trinajstić information content (AvgIpc) is 3.64. The molecule has 0 saturated carbocycles. The number of anilines is 3. The first-order chi connectivity index (χ1) is 22.0. The van der Waals surface area contributed by atoms with E-state index in [0.29, 0.717) is 54.5 Å². The largest absolute Gasteiger partial charge is 0.494 e. The number of hydrogen-bond acceptors (Lipinski definition) is 9. The number of fused-ring (bicyclic) bond motifs is 3. The fraction of sp³-hybridized carbons (Fsp3) is 0.273. The molecule has 11 nitrogen and oxygen atoms in total. The summed E-state index contributed by atoms with van der Waals surface area (Å²) < 4.78 is 32.6. The number of ether oxygens (including phenoxy) is 3. The first kappa shape index (κ1) is 28.8. The third-order valence-corrected chi connectivity index (χ3v) is 8.01. The Morgan fingerprint density at radius 3 is 2.73 bits per heavy atom. The topological polar surface area (TPSA) is 116 Å². The Hall–Kier alpha value is -4.91. The Labute approximate surface area is 258 Å². The summed E-state index contributed by atoms with van der Waals surface area (Å²) in [5.41, 5.74) is 3.71. The number of rotatable bonds is 9. The summed E-state index contributed by atoms with van der Waals surface area (Å²) in [6.07, 6.45) is 6.82. The van der Waals surface area contributed by atoms with Gasteiger partial charge in [0.15, 0.2) is 0 Å². The molecular weight excluding hydrogens is 577 g/mol. The molecule has 0 aliphatic carbocycles. The van der Waals surface area contributed by atoms with Gasteiger partial charge in [-0.2, -0.15) is 5.10 Å². The molecule has 1 amide bonds. The number of benzene rings is 3. The van der Waals surface area contributed by atoms with Gasteiger partial charge in [0, 0.05) is 48.2 Å². The van der Waals surface area contributed by atoms with Crippen LogP contribution in [0.2, 0.25) is 0 Å². The number of amides is 1. The van der Waals surface area contributed by atoms with Gasteiger partial charge in [-0.05, 0) is 42.0 Å². The summed E-state index contributed by atoms with van der Waals surface area (Å²) in [5, 5.41) is 12.4.